The van der Waals surface area contributed by atoms with E-state index in [1.165, 1.54) is 12.8 Å². The lowest BCUT2D eigenvalue weighted by atomic mass is 9.72. The van der Waals surface area contributed by atoms with E-state index in [-0.39, 0.29) is 17.9 Å². The first-order chi connectivity index (χ1) is 13.9. The van der Waals surface area contributed by atoms with Crippen LogP contribution < -0.4 is 0 Å². The molecule has 0 heterocycles. The molecule has 0 spiro atoms. The number of rotatable bonds is 3. The second kappa shape index (κ2) is 8.86. The highest BCUT2D eigenvalue weighted by Crippen LogP contribution is 2.45. The van der Waals surface area contributed by atoms with Crippen molar-refractivity contribution < 1.29 is 13.2 Å². The van der Waals surface area contributed by atoms with Crippen LogP contribution in [-0.2, 0) is 0 Å². The molecule has 0 N–H and O–H groups in total. The van der Waals surface area contributed by atoms with Crippen molar-refractivity contribution >= 4 is 0 Å². The summed E-state index contributed by atoms with van der Waals surface area (Å²) in [5.41, 5.74) is 0.984. The van der Waals surface area contributed by atoms with Crippen LogP contribution in [0.15, 0.2) is 47.1 Å². The summed E-state index contributed by atoms with van der Waals surface area (Å²) in [7, 11) is 0. The summed E-state index contributed by atoms with van der Waals surface area (Å²) in [4.78, 5) is 0. The molecule has 2 saturated carbocycles. The number of alkyl halides is 1. The van der Waals surface area contributed by atoms with Gasteiger partial charge in [-0.15, -0.1) is 0 Å². The van der Waals surface area contributed by atoms with Gasteiger partial charge >= 0.3 is 0 Å². The van der Waals surface area contributed by atoms with E-state index in [0.29, 0.717) is 17.8 Å². The SMILES string of the molecule is CC1CCC(C2=CC(F)C(C3=C(F)CC(C4CCC(C)CC4)C=C3F)C=C2)CC1. The maximum atomic E-state index is 15.0. The van der Waals surface area contributed by atoms with Gasteiger partial charge in [-0.3, -0.25) is 0 Å². The highest BCUT2D eigenvalue weighted by atomic mass is 19.1. The monoisotopic (exact) mass is 404 g/mol. The van der Waals surface area contributed by atoms with Crippen LogP contribution in [-0.4, -0.2) is 6.17 Å². The van der Waals surface area contributed by atoms with E-state index in [1.54, 1.807) is 18.2 Å². The highest BCUT2D eigenvalue weighted by Gasteiger charge is 2.36. The lowest BCUT2D eigenvalue weighted by Gasteiger charge is -2.34. The summed E-state index contributed by atoms with van der Waals surface area (Å²) in [6.07, 6.45) is 14.6. The second-order valence-electron chi connectivity index (χ2n) is 10.2. The van der Waals surface area contributed by atoms with E-state index in [0.717, 1.165) is 50.0 Å². The van der Waals surface area contributed by atoms with Crippen molar-refractivity contribution in [3.05, 3.63) is 47.1 Å². The molecule has 4 aliphatic carbocycles. The van der Waals surface area contributed by atoms with Gasteiger partial charge in [0, 0.05) is 17.9 Å². The minimum Gasteiger partial charge on any atom is -0.242 e. The molecule has 0 radical (unpaired) electrons. The molecule has 0 aromatic rings. The van der Waals surface area contributed by atoms with Crippen LogP contribution in [0, 0.1) is 35.5 Å². The topological polar surface area (TPSA) is 0 Å². The molecule has 2 fully saturated rings. The fraction of sp³-hybridized carbons (Fsp3) is 0.692. The van der Waals surface area contributed by atoms with Crippen molar-refractivity contribution in [3.8, 4) is 0 Å². The summed E-state index contributed by atoms with van der Waals surface area (Å²) in [5.74, 6) is 0.337. The van der Waals surface area contributed by atoms with Gasteiger partial charge in [-0.2, -0.15) is 0 Å². The van der Waals surface area contributed by atoms with Gasteiger partial charge in [0.05, 0.1) is 0 Å². The van der Waals surface area contributed by atoms with E-state index in [4.69, 9.17) is 0 Å². The maximum Gasteiger partial charge on any atom is 0.129 e. The highest BCUT2D eigenvalue weighted by molar-refractivity contribution is 5.42. The van der Waals surface area contributed by atoms with Crippen molar-refractivity contribution in [3.63, 3.8) is 0 Å². The fourth-order valence-electron chi connectivity index (χ4n) is 5.92. The molecular formula is C26H35F3. The summed E-state index contributed by atoms with van der Waals surface area (Å²) in [5, 5.41) is 0. The molecule has 4 aliphatic rings. The maximum absolute atomic E-state index is 15.0. The van der Waals surface area contributed by atoms with Gasteiger partial charge in [0.1, 0.15) is 17.8 Å². The molecule has 3 unspecified atom stereocenters. The zero-order valence-corrected chi connectivity index (χ0v) is 17.8. The van der Waals surface area contributed by atoms with Crippen LogP contribution in [0.2, 0.25) is 0 Å². The smallest absolute Gasteiger partial charge is 0.129 e. The predicted molar refractivity (Wildman–Crippen MR) is 113 cm³/mol. The molecule has 0 bridgehead atoms. The third-order valence-electron chi connectivity index (χ3n) is 8.00. The molecule has 29 heavy (non-hydrogen) atoms. The normalized spacial score (nSPS) is 41.2. The lowest BCUT2D eigenvalue weighted by molar-refractivity contribution is 0.226. The quantitative estimate of drug-likeness (QED) is 0.445. The Morgan fingerprint density at radius 3 is 2.03 bits per heavy atom. The van der Waals surface area contributed by atoms with E-state index in [9.17, 15) is 4.39 Å². The Hall–Kier alpha value is -1.25. The molecule has 3 heteroatoms. The summed E-state index contributed by atoms with van der Waals surface area (Å²) >= 11 is 0. The molecule has 0 saturated heterocycles. The standard InChI is InChI=1S/C26H35F3/c1-16-3-7-18(8-4-16)20-11-12-22(23(27)13-20)26-24(28)14-21(15-25(26)29)19-9-5-17(2)6-10-19/h11-14,16-19,21-23H,3-10,15H2,1-2H3. The molecule has 0 nitrogen and oxygen atoms in total. The first kappa shape index (κ1) is 21.0. The lowest BCUT2D eigenvalue weighted by Crippen LogP contribution is -2.26. The van der Waals surface area contributed by atoms with Crippen LogP contribution >= 0.6 is 0 Å². The van der Waals surface area contributed by atoms with Crippen molar-refractivity contribution in [2.24, 2.45) is 35.5 Å². The second-order valence-corrected chi connectivity index (χ2v) is 10.2. The predicted octanol–water partition coefficient (Wildman–Crippen LogP) is 8.19. The van der Waals surface area contributed by atoms with Gasteiger partial charge in [0.2, 0.25) is 0 Å². The van der Waals surface area contributed by atoms with Gasteiger partial charge < -0.3 is 0 Å². The van der Waals surface area contributed by atoms with E-state index < -0.39 is 23.7 Å². The van der Waals surface area contributed by atoms with Crippen LogP contribution in [0.3, 0.4) is 0 Å². The Balaban J connectivity index is 1.44. The Kier molecular flexibility index (Phi) is 6.41. The van der Waals surface area contributed by atoms with Gasteiger partial charge in [-0.1, -0.05) is 51.7 Å². The Bertz CT molecular complexity index is 712. The minimum atomic E-state index is -1.35. The number of hydrogen-bond donors (Lipinski definition) is 0. The number of hydrogen-bond acceptors (Lipinski definition) is 0. The molecule has 0 aromatic heterocycles. The Labute approximate surface area is 174 Å². The minimum absolute atomic E-state index is 0.0401. The van der Waals surface area contributed by atoms with E-state index in [2.05, 4.69) is 13.8 Å². The summed E-state index contributed by atoms with van der Waals surface area (Å²) in [6.45, 7) is 4.52. The van der Waals surface area contributed by atoms with Crippen molar-refractivity contribution in [2.45, 2.75) is 77.8 Å². The van der Waals surface area contributed by atoms with Crippen LogP contribution in [0.1, 0.15) is 71.6 Å². The molecule has 4 rings (SSSR count). The molecular weight excluding hydrogens is 369 g/mol. The molecule has 0 amide bonds. The van der Waals surface area contributed by atoms with Gasteiger partial charge in [-0.05, 0) is 73.0 Å². The van der Waals surface area contributed by atoms with E-state index in [1.807, 2.05) is 6.08 Å². The molecule has 0 aliphatic heterocycles. The Morgan fingerprint density at radius 2 is 1.45 bits per heavy atom. The first-order valence-corrected chi connectivity index (χ1v) is 11.7. The molecule has 3 atom stereocenters. The largest absolute Gasteiger partial charge is 0.242 e. The van der Waals surface area contributed by atoms with E-state index >= 15 is 8.78 Å². The van der Waals surface area contributed by atoms with Crippen LogP contribution in [0.25, 0.3) is 0 Å². The Morgan fingerprint density at radius 1 is 0.828 bits per heavy atom. The average molecular weight is 405 g/mol. The van der Waals surface area contributed by atoms with Crippen LogP contribution in [0.5, 0.6) is 0 Å². The van der Waals surface area contributed by atoms with Crippen molar-refractivity contribution in [2.75, 3.05) is 0 Å². The summed E-state index contributed by atoms with van der Waals surface area (Å²) in [6, 6.07) is 0. The van der Waals surface area contributed by atoms with Gasteiger partial charge in [0.25, 0.3) is 0 Å². The number of allylic oxidation sites excluding steroid dienone is 8. The van der Waals surface area contributed by atoms with Gasteiger partial charge in [0.15, 0.2) is 0 Å². The summed E-state index contributed by atoms with van der Waals surface area (Å²) < 4.78 is 45.0. The third-order valence-corrected chi connectivity index (χ3v) is 8.00. The molecule has 0 aromatic carbocycles. The zero-order chi connectivity index (χ0) is 20.5. The fourth-order valence-corrected chi connectivity index (χ4v) is 5.92. The molecule has 160 valence electrons. The van der Waals surface area contributed by atoms with Crippen LogP contribution in [0.4, 0.5) is 13.2 Å². The average Bonchev–Trinajstić information content (AvgIpc) is 2.69. The third kappa shape index (κ3) is 4.59. The first-order valence-electron chi connectivity index (χ1n) is 11.7. The number of halogens is 3. The van der Waals surface area contributed by atoms with Crippen molar-refractivity contribution in [1.82, 2.24) is 0 Å². The zero-order valence-electron chi connectivity index (χ0n) is 17.8. The van der Waals surface area contributed by atoms with Gasteiger partial charge in [-0.25, -0.2) is 13.2 Å². The van der Waals surface area contributed by atoms with Crippen molar-refractivity contribution in [1.29, 1.82) is 0 Å².